The van der Waals surface area contributed by atoms with Crippen LogP contribution < -0.4 is 5.32 Å². The summed E-state index contributed by atoms with van der Waals surface area (Å²) in [6.07, 6.45) is 1.67. The summed E-state index contributed by atoms with van der Waals surface area (Å²) in [6.45, 7) is 0.440. The molecule has 146 valence electrons. The van der Waals surface area contributed by atoms with E-state index < -0.39 is 0 Å². The molecule has 0 saturated carbocycles. The highest BCUT2D eigenvalue weighted by atomic mass is 16.3. The predicted molar refractivity (Wildman–Crippen MR) is 116 cm³/mol. The van der Waals surface area contributed by atoms with Gasteiger partial charge in [-0.15, -0.1) is 5.10 Å². The standard InChI is InChI=1S/C23H18N6O/c30-18-8-3-7-16(11-18)21-12-17(27-28-21)13-24-23-26-22(14-25-29-23)20-10-4-6-15-5-1-2-9-19(15)20/h1-12,14,30H,13H2,(H,27,28)(H,24,26,29). The van der Waals surface area contributed by atoms with Gasteiger partial charge in [0.1, 0.15) is 5.75 Å². The van der Waals surface area contributed by atoms with E-state index in [4.69, 9.17) is 0 Å². The van der Waals surface area contributed by atoms with Crippen molar-refractivity contribution in [2.45, 2.75) is 6.54 Å². The monoisotopic (exact) mass is 394 g/mol. The Balaban J connectivity index is 1.36. The number of hydrogen-bond acceptors (Lipinski definition) is 6. The fourth-order valence-corrected chi connectivity index (χ4v) is 3.40. The highest BCUT2D eigenvalue weighted by Crippen LogP contribution is 2.27. The Morgan fingerprint density at radius 2 is 1.80 bits per heavy atom. The topological polar surface area (TPSA) is 99.6 Å². The SMILES string of the molecule is Oc1cccc(-c2cc(CNc3nncc(-c4cccc5ccccc45)n3)n[nH]2)c1. The van der Waals surface area contributed by atoms with E-state index in [-0.39, 0.29) is 5.75 Å². The number of phenolic OH excluding ortho intramolecular Hbond substituents is 1. The van der Waals surface area contributed by atoms with E-state index in [1.165, 1.54) is 0 Å². The molecular formula is C23H18N6O. The van der Waals surface area contributed by atoms with E-state index >= 15 is 0 Å². The lowest BCUT2D eigenvalue weighted by atomic mass is 10.0. The number of benzene rings is 3. The van der Waals surface area contributed by atoms with E-state index in [2.05, 4.69) is 48.9 Å². The molecule has 0 radical (unpaired) electrons. The molecule has 3 N–H and O–H groups in total. The minimum atomic E-state index is 0.214. The molecule has 5 aromatic rings. The highest BCUT2D eigenvalue weighted by Gasteiger charge is 2.09. The number of fused-ring (bicyclic) bond motifs is 1. The minimum Gasteiger partial charge on any atom is -0.508 e. The first kappa shape index (κ1) is 17.8. The summed E-state index contributed by atoms with van der Waals surface area (Å²) < 4.78 is 0. The van der Waals surface area contributed by atoms with Crippen LogP contribution in [0.2, 0.25) is 0 Å². The Kier molecular flexibility index (Phi) is 4.53. The third kappa shape index (κ3) is 3.56. The van der Waals surface area contributed by atoms with Crippen LogP contribution in [0.1, 0.15) is 5.69 Å². The second-order valence-corrected chi connectivity index (χ2v) is 6.87. The van der Waals surface area contributed by atoms with E-state index in [9.17, 15) is 5.11 Å². The van der Waals surface area contributed by atoms with Crippen molar-refractivity contribution < 1.29 is 5.11 Å². The summed E-state index contributed by atoms with van der Waals surface area (Å²) in [5.41, 5.74) is 4.26. The Labute approximate surface area is 172 Å². The van der Waals surface area contributed by atoms with Gasteiger partial charge in [0.15, 0.2) is 0 Å². The number of aromatic hydroxyl groups is 1. The van der Waals surface area contributed by atoms with Crippen LogP contribution in [0.4, 0.5) is 5.95 Å². The molecule has 0 aliphatic rings. The van der Waals surface area contributed by atoms with E-state index in [0.29, 0.717) is 12.5 Å². The maximum Gasteiger partial charge on any atom is 0.243 e. The highest BCUT2D eigenvalue weighted by molar-refractivity contribution is 5.95. The van der Waals surface area contributed by atoms with Crippen LogP contribution in [0.25, 0.3) is 33.3 Å². The van der Waals surface area contributed by atoms with Crippen molar-refractivity contribution in [1.82, 2.24) is 25.4 Å². The van der Waals surface area contributed by atoms with Gasteiger partial charge in [-0.1, -0.05) is 54.6 Å². The lowest BCUT2D eigenvalue weighted by Gasteiger charge is -2.07. The number of nitrogens with one attached hydrogen (secondary N) is 2. The number of phenols is 1. The van der Waals surface area contributed by atoms with E-state index in [0.717, 1.165) is 39.0 Å². The molecule has 7 heteroatoms. The largest absolute Gasteiger partial charge is 0.508 e. The van der Waals surface area contributed by atoms with Gasteiger partial charge in [0, 0.05) is 11.1 Å². The fourth-order valence-electron chi connectivity index (χ4n) is 3.40. The number of rotatable bonds is 5. The van der Waals surface area contributed by atoms with Crippen molar-refractivity contribution in [3.8, 4) is 28.3 Å². The van der Waals surface area contributed by atoms with Gasteiger partial charge in [0.05, 0.1) is 29.8 Å². The average Bonchev–Trinajstić information content (AvgIpc) is 3.27. The summed E-state index contributed by atoms with van der Waals surface area (Å²) in [5, 5.41) is 30.6. The third-order valence-corrected chi connectivity index (χ3v) is 4.84. The zero-order valence-electron chi connectivity index (χ0n) is 15.9. The second kappa shape index (κ2) is 7.63. The number of anilines is 1. The lowest BCUT2D eigenvalue weighted by Crippen LogP contribution is -2.05. The van der Waals surface area contributed by atoms with Crippen LogP contribution in [-0.2, 0) is 6.54 Å². The molecule has 0 saturated heterocycles. The lowest BCUT2D eigenvalue weighted by molar-refractivity contribution is 0.475. The zero-order chi connectivity index (χ0) is 20.3. The molecule has 0 aliphatic heterocycles. The smallest absolute Gasteiger partial charge is 0.243 e. The molecule has 5 rings (SSSR count). The van der Waals surface area contributed by atoms with Gasteiger partial charge in [-0.2, -0.15) is 10.2 Å². The van der Waals surface area contributed by atoms with Crippen LogP contribution in [0.15, 0.2) is 79.0 Å². The van der Waals surface area contributed by atoms with Crippen molar-refractivity contribution in [2.24, 2.45) is 0 Å². The van der Waals surface area contributed by atoms with Crippen molar-refractivity contribution in [3.63, 3.8) is 0 Å². The maximum absolute atomic E-state index is 9.65. The van der Waals surface area contributed by atoms with Gasteiger partial charge < -0.3 is 10.4 Å². The van der Waals surface area contributed by atoms with Crippen molar-refractivity contribution in [3.05, 3.63) is 84.7 Å². The summed E-state index contributed by atoms with van der Waals surface area (Å²) in [7, 11) is 0. The molecule has 2 aromatic heterocycles. The van der Waals surface area contributed by atoms with Gasteiger partial charge in [-0.25, -0.2) is 4.98 Å². The molecular weight excluding hydrogens is 376 g/mol. The van der Waals surface area contributed by atoms with Crippen LogP contribution >= 0.6 is 0 Å². The van der Waals surface area contributed by atoms with Gasteiger partial charge in [-0.05, 0) is 29.0 Å². The van der Waals surface area contributed by atoms with Crippen molar-refractivity contribution in [2.75, 3.05) is 5.32 Å². The normalized spacial score (nSPS) is 10.9. The van der Waals surface area contributed by atoms with Crippen molar-refractivity contribution >= 4 is 16.7 Å². The second-order valence-electron chi connectivity index (χ2n) is 6.87. The van der Waals surface area contributed by atoms with Gasteiger partial charge in [0.25, 0.3) is 0 Å². The summed E-state index contributed by atoms with van der Waals surface area (Å²) in [5.74, 6) is 0.647. The zero-order valence-corrected chi connectivity index (χ0v) is 15.9. The Hall–Kier alpha value is -4.26. The van der Waals surface area contributed by atoms with Crippen LogP contribution in [0.3, 0.4) is 0 Å². The molecule has 3 aromatic carbocycles. The molecule has 0 atom stereocenters. The summed E-state index contributed by atoms with van der Waals surface area (Å²) in [4.78, 5) is 4.63. The molecule has 0 unspecified atom stereocenters. The van der Waals surface area contributed by atoms with Gasteiger partial charge >= 0.3 is 0 Å². The van der Waals surface area contributed by atoms with E-state index in [1.54, 1.807) is 24.4 Å². The molecule has 0 spiro atoms. The number of hydrogen-bond donors (Lipinski definition) is 3. The first-order valence-electron chi connectivity index (χ1n) is 9.52. The number of aromatic amines is 1. The number of nitrogens with zero attached hydrogens (tertiary/aromatic N) is 4. The summed E-state index contributed by atoms with van der Waals surface area (Å²) in [6, 6.07) is 23.3. The Bertz CT molecular complexity index is 1320. The quantitative estimate of drug-likeness (QED) is 0.409. The van der Waals surface area contributed by atoms with Crippen molar-refractivity contribution in [1.29, 1.82) is 0 Å². The predicted octanol–water partition coefficient (Wildman–Crippen LogP) is 4.40. The summed E-state index contributed by atoms with van der Waals surface area (Å²) >= 11 is 0. The van der Waals surface area contributed by atoms with Gasteiger partial charge in [0.2, 0.25) is 5.95 Å². The molecule has 0 fully saturated rings. The molecule has 7 nitrogen and oxygen atoms in total. The number of aromatic nitrogens is 5. The Morgan fingerprint density at radius 1 is 0.933 bits per heavy atom. The number of H-pyrrole nitrogens is 1. The molecule has 0 aliphatic carbocycles. The van der Waals surface area contributed by atoms with Gasteiger partial charge in [-0.3, -0.25) is 5.10 Å². The Morgan fingerprint density at radius 3 is 2.73 bits per heavy atom. The molecule has 0 amide bonds. The van der Waals surface area contributed by atoms with Crippen LogP contribution in [0, 0.1) is 0 Å². The minimum absolute atomic E-state index is 0.214. The third-order valence-electron chi connectivity index (χ3n) is 4.84. The molecule has 2 heterocycles. The van der Waals surface area contributed by atoms with Crippen LogP contribution in [0.5, 0.6) is 5.75 Å². The first-order chi connectivity index (χ1) is 14.8. The average molecular weight is 394 g/mol. The maximum atomic E-state index is 9.65. The molecule has 0 bridgehead atoms. The fraction of sp³-hybridized carbons (Fsp3) is 0.0435. The first-order valence-corrected chi connectivity index (χ1v) is 9.52. The molecule has 30 heavy (non-hydrogen) atoms. The van der Waals surface area contributed by atoms with E-state index in [1.807, 2.05) is 36.4 Å². The van der Waals surface area contributed by atoms with Crippen LogP contribution in [-0.4, -0.2) is 30.5 Å².